The lowest BCUT2D eigenvalue weighted by atomic mass is 10.2. The van der Waals surface area contributed by atoms with E-state index in [-0.39, 0.29) is 6.10 Å². The smallest absolute Gasteiger partial charge is 0.142 e. The highest BCUT2D eigenvalue weighted by Gasteiger charge is 2.22. The molecule has 0 radical (unpaired) electrons. The van der Waals surface area contributed by atoms with Gasteiger partial charge in [-0.15, -0.1) is 0 Å². The Morgan fingerprint density at radius 3 is 3.00 bits per heavy atom. The Labute approximate surface area is 99.6 Å². The lowest BCUT2D eigenvalue weighted by Crippen LogP contribution is -2.47. The summed E-state index contributed by atoms with van der Waals surface area (Å²) in [4.78, 5) is 11.0. The Hall–Kier alpha value is -1.11. The molecule has 16 heavy (non-hydrogen) atoms. The van der Waals surface area contributed by atoms with Gasteiger partial charge < -0.3 is 10.5 Å². The fourth-order valence-corrected chi connectivity index (χ4v) is 1.77. The monoisotopic (exact) mass is 238 g/mol. The third-order valence-corrected chi connectivity index (χ3v) is 2.72. The summed E-state index contributed by atoms with van der Waals surface area (Å²) < 4.78 is 5.46. The molecule has 0 spiro atoms. The lowest BCUT2D eigenvalue weighted by Gasteiger charge is -2.31. The van der Waals surface area contributed by atoms with Crippen LogP contribution in [0.2, 0.25) is 0 Å². The molecular weight excluding hydrogens is 224 g/mol. The third kappa shape index (κ3) is 2.94. The summed E-state index contributed by atoms with van der Waals surface area (Å²) in [5, 5.41) is 0. The minimum absolute atomic E-state index is 0.146. The summed E-state index contributed by atoms with van der Waals surface area (Å²) >= 11 is 4.93. The summed E-state index contributed by atoms with van der Waals surface area (Å²) in [5.74, 6) is 0.811. The zero-order chi connectivity index (χ0) is 11.4. The molecule has 2 N–H and O–H groups in total. The number of rotatable bonds is 3. The number of aromatic nitrogens is 2. The molecule has 1 aliphatic heterocycles. The van der Waals surface area contributed by atoms with Crippen molar-refractivity contribution >= 4 is 17.2 Å². The van der Waals surface area contributed by atoms with Gasteiger partial charge in [0.25, 0.3) is 0 Å². The highest BCUT2D eigenvalue weighted by atomic mass is 32.1. The van der Waals surface area contributed by atoms with Crippen LogP contribution in [0.4, 0.5) is 0 Å². The van der Waals surface area contributed by atoms with Crippen molar-refractivity contribution in [3.8, 4) is 0 Å². The predicted octanol–water partition coefficient (Wildman–Crippen LogP) is -0.0365. The first kappa shape index (κ1) is 11.4. The van der Waals surface area contributed by atoms with Gasteiger partial charge in [0, 0.05) is 25.5 Å². The summed E-state index contributed by atoms with van der Waals surface area (Å²) in [5.41, 5.74) is 5.57. The van der Waals surface area contributed by atoms with Crippen molar-refractivity contribution in [1.82, 2.24) is 14.9 Å². The van der Waals surface area contributed by atoms with E-state index in [2.05, 4.69) is 14.9 Å². The van der Waals surface area contributed by atoms with Crippen molar-refractivity contribution in [2.24, 2.45) is 5.73 Å². The summed E-state index contributed by atoms with van der Waals surface area (Å²) in [7, 11) is 0. The molecule has 6 heteroatoms. The first-order valence-corrected chi connectivity index (χ1v) is 5.55. The standard InChI is InChI=1S/C10H14N4OS/c11-10(16)8-6-14(4-5-15-8)7-9-12-2-1-3-13-9/h1-3,8H,4-7H2,(H2,11,16). The molecule has 2 heterocycles. The van der Waals surface area contributed by atoms with Crippen molar-refractivity contribution in [1.29, 1.82) is 0 Å². The van der Waals surface area contributed by atoms with E-state index in [0.29, 0.717) is 24.7 Å². The number of hydrogen-bond acceptors (Lipinski definition) is 5. The Balaban J connectivity index is 1.93. The van der Waals surface area contributed by atoms with Crippen LogP contribution in [0.3, 0.4) is 0 Å². The van der Waals surface area contributed by atoms with Crippen molar-refractivity contribution in [2.45, 2.75) is 12.6 Å². The van der Waals surface area contributed by atoms with Gasteiger partial charge in [-0.2, -0.15) is 0 Å². The number of ether oxygens (including phenoxy) is 1. The molecule has 0 aliphatic carbocycles. The van der Waals surface area contributed by atoms with Crippen molar-refractivity contribution < 1.29 is 4.74 Å². The molecular formula is C10H14N4OS. The van der Waals surface area contributed by atoms with Crippen LogP contribution in [-0.2, 0) is 11.3 Å². The van der Waals surface area contributed by atoms with E-state index in [1.165, 1.54) is 0 Å². The molecule has 1 unspecified atom stereocenters. The first-order valence-electron chi connectivity index (χ1n) is 5.15. The maximum absolute atomic E-state index is 5.57. The van der Waals surface area contributed by atoms with Gasteiger partial charge in [-0.25, -0.2) is 9.97 Å². The molecule has 0 amide bonds. The quantitative estimate of drug-likeness (QED) is 0.746. The molecule has 1 aromatic rings. The lowest BCUT2D eigenvalue weighted by molar-refractivity contribution is 0.00297. The second kappa shape index (κ2) is 5.29. The molecule has 1 aromatic heterocycles. The molecule has 2 rings (SSSR count). The van der Waals surface area contributed by atoms with Crippen LogP contribution in [0.1, 0.15) is 5.82 Å². The molecule has 1 aliphatic rings. The fraction of sp³-hybridized carbons (Fsp3) is 0.500. The highest BCUT2D eigenvalue weighted by molar-refractivity contribution is 7.80. The largest absolute Gasteiger partial charge is 0.391 e. The number of morpholine rings is 1. The van der Waals surface area contributed by atoms with Crippen LogP contribution in [0.5, 0.6) is 0 Å². The Morgan fingerprint density at radius 1 is 1.56 bits per heavy atom. The molecule has 0 saturated carbocycles. The van der Waals surface area contributed by atoms with Crippen molar-refractivity contribution in [3.63, 3.8) is 0 Å². The first-order chi connectivity index (χ1) is 7.75. The van der Waals surface area contributed by atoms with E-state index in [1.807, 2.05) is 0 Å². The topological polar surface area (TPSA) is 64.3 Å². The van der Waals surface area contributed by atoms with E-state index < -0.39 is 0 Å². The molecule has 1 atom stereocenters. The van der Waals surface area contributed by atoms with Gasteiger partial charge in [0.05, 0.1) is 13.2 Å². The van der Waals surface area contributed by atoms with Gasteiger partial charge in [0.2, 0.25) is 0 Å². The third-order valence-electron chi connectivity index (χ3n) is 2.45. The van der Waals surface area contributed by atoms with Gasteiger partial charge in [0.1, 0.15) is 16.9 Å². The van der Waals surface area contributed by atoms with Crippen LogP contribution in [0, 0.1) is 0 Å². The Bertz CT molecular complexity index is 359. The number of nitrogens with two attached hydrogens (primary N) is 1. The van der Waals surface area contributed by atoms with E-state index in [4.69, 9.17) is 22.7 Å². The minimum atomic E-state index is -0.146. The number of thiocarbonyl (C=S) groups is 1. The van der Waals surface area contributed by atoms with Gasteiger partial charge in [-0.1, -0.05) is 12.2 Å². The molecule has 1 fully saturated rings. The van der Waals surface area contributed by atoms with E-state index >= 15 is 0 Å². The van der Waals surface area contributed by atoms with Gasteiger partial charge >= 0.3 is 0 Å². The highest BCUT2D eigenvalue weighted by Crippen LogP contribution is 2.08. The predicted molar refractivity (Wildman–Crippen MR) is 63.8 cm³/mol. The van der Waals surface area contributed by atoms with Crippen molar-refractivity contribution in [3.05, 3.63) is 24.3 Å². The van der Waals surface area contributed by atoms with Gasteiger partial charge in [-0.3, -0.25) is 4.90 Å². The second-order valence-corrected chi connectivity index (χ2v) is 4.13. The molecule has 1 saturated heterocycles. The molecule has 86 valence electrons. The summed E-state index contributed by atoms with van der Waals surface area (Å²) in [6.45, 7) is 2.93. The SMILES string of the molecule is NC(=S)C1CN(Cc2ncccn2)CCO1. The van der Waals surface area contributed by atoms with Crippen LogP contribution in [0.25, 0.3) is 0 Å². The zero-order valence-electron chi connectivity index (χ0n) is 8.87. The molecule has 0 aromatic carbocycles. The summed E-state index contributed by atoms with van der Waals surface area (Å²) in [6, 6.07) is 1.81. The summed E-state index contributed by atoms with van der Waals surface area (Å²) in [6.07, 6.45) is 3.34. The van der Waals surface area contributed by atoms with E-state index in [1.54, 1.807) is 18.5 Å². The molecule has 5 nitrogen and oxygen atoms in total. The van der Waals surface area contributed by atoms with Crippen LogP contribution >= 0.6 is 12.2 Å². The van der Waals surface area contributed by atoms with Crippen LogP contribution < -0.4 is 5.73 Å². The van der Waals surface area contributed by atoms with Crippen LogP contribution in [-0.4, -0.2) is 45.7 Å². The van der Waals surface area contributed by atoms with E-state index in [0.717, 1.165) is 12.4 Å². The zero-order valence-corrected chi connectivity index (χ0v) is 9.69. The Kier molecular flexibility index (Phi) is 3.76. The van der Waals surface area contributed by atoms with Gasteiger partial charge in [-0.05, 0) is 6.07 Å². The maximum Gasteiger partial charge on any atom is 0.142 e. The molecule has 0 bridgehead atoms. The van der Waals surface area contributed by atoms with E-state index in [9.17, 15) is 0 Å². The van der Waals surface area contributed by atoms with Gasteiger partial charge in [0.15, 0.2) is 0 Å². The minimum Gasteiger partial charge on any atom is -0.391 e. The second-order valence-electron chi connectivity index (χ2n) is 3.66. The van der Waals surface area contributed by atoms with Crippen molar-refractivity contribution in [2.75, 3.05) is 19.7 Å². The normalized spacial score (nSPS) is 21.9. The number of hydrogen-bond donors (Lipinski definition) is 1. The average molecular weight is 238 g/mol. The van der Waals surface area contributed by atoms with Crippen LogP contribution in [0.15, 0.2) is 18.5 Å². The fourth-order valence-electron chi connectivity index (χ4n) is 1.63. The maximum atomic E-state index is 5.57. The Morgan fingerprint density at radius 2 is 2.31 bits per heavy atom. The average Bonchev–Trinajstić information content (AvgIpc) is 2.30. The number of nitrogens with zero attached hydrogens (tertiary/aromatic N) is 3.